The molecule has 1 amide bonds. The van der Waals surface area contributed by atoms with Crippen LogP contribution in [0.5, 0.6) is 0 Å². The van der Waals surface area contributed by atoms with Gasteiger partial charge in [0.15, 0.2) is 5.16 Å². The van der Waals surface area contributed by atoms with E-state index in [1.54, 1.807) is 36.4 Å². The molecule has 5 nitrogen and oxygen atoms in total. The topological polar surface area (TPSA) is 70.7 Å². The summed E-state index contributed by atoms with van der Waals surface area (Å²) >= 11 is 1.51. The van der Waals surface area contributed by atoms with E-state index in [0.29, 0.717) is 28.9 Å². The first-order chi connectivity index (χ1) is 15.6. The van der Waals surface area contributed by atoms with Gasteiger partial charge in [-0.1, -0.05) is 48.2 Å². The quantitative estimate of drug-likeness (QED) is 0.367. The molecule has 0 saturated carbocycles. The van der Waals surface area contributed by atoms with E-state index >= 15 is 0 Å². The maximum absolute atomic E-state index is 13.8. The van der Waals surface area contributed by atoms with E-state index in [-0.39, 0.29) is 11.7 Å². The summed E-state index contributed by atoms with van der Waals surface area (Å²) in [6.45, 7) is 0. The number of amides is 1. The lowest BCUT2D eigenvalue weighted by atomic mass is 9.98. The van der Waals surface area contributed by atoms with Gasteiger partial charge < -0.3 is 5.32 Å². The third-order valence-corrected chi connectivity index (χ3v) is 5.82. The molecule has 0 aliphatic carbocycles. The molecule has 0 aliphatic heterocycles. The van der Waals surface area contributed by atoms with Crippen LogP contribution in [0.15, 0.2) is 84.3 Å². The monoisotopic (exact) mass is 450 g/mol. The van der Waals surface area contributed by atoms with Gasteiger partial charge in [0.1, 0.15) is 18.0 Å². The fourth-order valence-electron chi connectivity index (χ4n) is 3.28. The number of nitrogens with zero attached hydrogens (tertiary/aromatic N) is 2. The Balaban J connectivity index is 1.47. The van der Waals surface area contributed by atoms with Crippen molar-refractivity contribution >= 4 is 17.7 Å². The number of nitrogens with one attached hydrogen (secondary N) is 2. The van der Waals surface area contributed by atoms with Gasteiger partial charge in [-0.05, 0) is 59.5 Å². The zero-order chi connectivity index (χ0) is 22.3. The van der Waals surface area contributed by atoms with Crippen LogP contribution in [0.3, 0.4) is 0 Å². The van der Waals surface area contributed by atoms with Crippen molar-refractivity contribution in [2.45, 2.75) is 23.4 Å². The fraction of sp³-hybridized carbons (Fsp3) is 0.125. The number of rotatable bonds is 8. The molecule has 3 aromatic carbocycles. The zero-order valence-corrected chi connectivity index (χ0v) is 17.8. The normalized spacial score (nSPS) is 11.8. The van der Waals surface area contributed by atoms with Gasteiger partial charge in [0.05, 0.1) is 6.04 Å². The molecular formula is C24H20F2N4OS. The molecule has 1 unspecified atom stereocenters. The van der Waals surface area contributed by atoms with Crippen molar-refractivity contribution in [2.24, 2.45) is 0 Å². The van der Waals surface area contributed by atoms with E-state index in [0.717, 1.165) is 10.7 Å². The summed E-state index contributed by atoms with van der Waals surface area (Å²) in [5.74, 6) is -0.354. The maximum Gasteiger partial charge on any atom is 0.251 e. The summed E-state index contributed by atoms with van der Waals surface area (Å²) in [7, 11) is 0. The number of hydrogen-bond acceptors (Lipinski definition) is 4. The second kappa shape index (κ2) is 10.2. The van der Waals surface area contributed by atoms with Crippen LogP contribution in [-0.2, 0) is 12.2 Å². The Morgan fingerprint density at radius 1 is 0.969 bits per heavy atom. The van der Waals surface area contributed by atoms with Crippen LogP contribution in [-0.4, -0.2) is 21.1 Å². The second-order valence-electron chi connectivity index (χ2n) is 7.19. The zero-order valence-electron chi connectivity index (χ0n) is 17.0. The first-order valence-electron chi connectivity index (χ1n) is 9.95. The lowest BCUT2D eigenvalue weighted by Gasteiger charge is -2.20. The molecule has 1 aromatic heterocycles. The van der Waals surface area contributed by atoms with Crippen LogP contribution in [0.1, 0.15) is 33.1 Å². The molecule has 0 radical (unpaired) electrons. The highest BCUT2D eigenvalue weighted by molar-refractivity contribution is 7.98. The highest BCUT2D eigenvalue weighted by Crippen LogP contribution is 2.22. The van der Waals surface area contributed by atoms with Gasteiger partial charge in [-0.2, -0.15) is 5.10 Å². The number of H-pyrrole nitrogens is 1. The van der Waals surface area contributed by atoms with Crippen LogP contribution in [0.2, 0.25) is 0 Å². The van der Waals surface area contributed by atoms with E-state index in [4.69, 9.17) is 0 Å². The van der Waals surface area contributed by atoms with Crippen LogP contribution in [0.4, 0.5) is 8.78 Å². The number of thioether (sulfide) groups is 1. The van der Waals surface area contributed by atoms with Crippen molar-refractivity contribution in [3.05, 3.63) is 113 Å². The molecule has 4 aromatic rings. The first-order valence-corrected chi connectivity index (χ1v) is 10.9. The molecule has 0 aliphatic rings. The fourth-order valence-corrected chi connectivity index (χ4v) is 4.02. The summed E-state index contributed by atoms with van der Waals surface area (Å²) in [5, 5.41) is 10.3. The number of carbonyl (C=O) groups is 1. The van der Waals surface area contributed by atoms with Crippen molar-refractivity contribution in [1.29, 1.82) is 0 Å². The molecule has 0 bridgehead atoms. The maximum atomic E-state index is 13.8. The Morgan fingerprint density at radius 3 is 2.41 bits per heavy atom. The highest BCUT2D eigenvalue weighted by atomic mass is 32.2. The smallest absolute Gasteiger partial charge is 0.251 e. The van der Waals surface area contributed by atoms with Gasteiger partial charge in [0.25, 0.3) is 5.91 Å². The molecule has 8 heteroatoms. The van der Waals surface area contributed by atoms with Gasteiger partial charge in [0, 0.05) is 11.3 Å². The predicted octanol–water partition coefficient (Wildman–Crippen LogP) is 5.09. The summed E-state index contributed by atoms with van der Waals surface area (Å²) in [6.07, 6.45) is 1.79. The van der Waals surface area contributed by atoms with Gasteiger partial charge in [-0.15, -0.1) is 0 Å². The Hall–Kier alpha value is -3.52. The summed E-state index contributed by atoms with van der Waals surface area (Å²) in [5.41, 5.74) is 2.84. The molecule has 162 valence electrons. The van der Waals surface area contributed by atoms with E-state index in [9.17, 15) is 13.6 Å². The average Bonchev–Trinajstić information content (AvgIpc) is 3.31. The number of aromatic amines is 1. The van der Waals surface area contributed by atoms with E-state index < -0.39 is 11.9 Å². The minimum Gasteiger partial charge on any atom is -0.345 e. The van der Waals surface area contributed by atoms with Crippen LogP contribution in [0, 0.1) is 11.6 Å². The lowest BCUT2D eigenvalue weighted by Crippen LogP contribution is -2.30. The Bertz CT molecular complexity index is 1180. The van der Waals surface area contributed by atoms with Crippen LogP contribution >= 0.6 is 11.8 Å². The molecule has 0 saturated heterocycles. The van der Waals surface area contributed by atoms with Crippen molar-refractivity contribution in [3.8, 4) is 0 Å². The van der Waals surface area contributed by atoms with Crippen molar-refractivity contribution in [3.63, 3.8) is 0 Å². The first kappa shape index (κ1) is 21.7. The van der Waals surface area contributed by atoms with E-state index in [1.807, 2.05) is 12.1 Å². The van der Waals surface area contributed by atoms with E-state index in [2.05, 4.69) is 20.5 Å². The average molecular weight is 451 g/mol. The molecule has 32 heavy (non-hydrogen) atoms. The van der Waals surface area contributed by atoms with Crippen molar-refractivity contribution in [2.75, 3.05) is 0 Å². The number of carbonyl (C=O) groups excluding carboxylic acids is 1. The van der Waals surface area contributed by atoms with Crippen molar-refractivity contribution < 1.29 is 13.6 Å². The Kier molecular flexibility index (Phi) is 6.91. The largest absolute Gasteiger partial charge is 0.345 e. The third-order valence-electron chi connectivity index (χ3n) is 4.87. The molecule has 0 fully saturated rings. The number of halogens is 2. The molecule has 2 N–H and O–H groups in total. The minimum atomic E-state index is -0.512. The molecule has 0 spiro atoms. The standard InChI is InChI=1S/C24H20F2N4OS/c25-20-5-1-3-17(11-20)12-22(19-4-2-6-21(26)13-19)29-23(31)18-9-7-16(8-10-18)14-32-24-27-15-28-30-24/h1-11,13,15,22H,12,14H2,(H,29,31)(H,27,28,30). The summed E-state index contributed by atoms with van der Waals surface area (Å²) in [6, 6.07) is 19.0. The van der Waals surface area contributed by atoms with Gasteiger partial charge in [-0.25, -0.2) is 13.8 Å². The molecule has 4 rings (SSSR count). The van der Waals surface area contributed by atoms with Gasteiger partial charge in [0.2, 0.25) is 0 Å². The van der Waals surface area contributed by atoms with Crippen LogP contribution < -0.4 is 5.32 Å². The van der Waals surface area contributed by atoms with Crippen molar-refractivity contribution in [1.82, 2.24) is 20.5 Å². The number of aromatic nitrogens is 3. The highest BCUT2D eigenvalue weighted by Gasteiger charge is 2.17. The number of benzene rings is 3. The summed E-state index contributed by atoms with van der Waals surface area (Å²) in [4.78, 5) is 17.0. The Morgan fingerprint density at radius 2 is 1.72 bits per heavy atom. The lowest BCUT2D eigenvalue weighted by molar-refractivity contribution is 0.0936. The molecular weight excluding hydrogens is 430 g/mol. The molecule has 1 atom stereocenters. The Labute approximate surface area is 188 Å². The third kappa shape index (κ3) is 5.79. The van der Waals surface area contributed by atoms with E-state index in [1.165, 1.54) is 42.4 Å². The van der Waals surface area contributed by atoms with Crippen LogP contribution in [0.25, 0.3) is 0 Å². The SMILES string of the molecule is O=C(NC(Cc1cccc(F)c1)c1cccc(F)c1)c1ccc(CSc2ncn[nH]2)cc1. The second-order valence-corrected chi connectivity index (χ2v) is 8.16. The van der Waals surface area contributed by atoms with Gasteiger partial charge in [-0.3, -0.25) is 9.89 Å². The van der Waals surface area contributed by atoms with Gasteiger partial charge >= 0.3 is 0 Å². The number of hydrogen-bond donors (Lipinski definition) is 2. The predicted molar refractivity (Wildman–Crippen MR) is 119 cm³/mol. The minimum absolute atomic E-state index is 0.287. The summed E-state index contributed by atoms with van der Waals surface area (Å²) < 4.78 is 27.5. The molecule has 1 heterocycles.